The van der Waals surface area contributed by atoms with Crippen molar-refractivity contribution < 1.29 is 51.5 Å². The van der Waals surface area contributed by atoms with Crippen LogP contribution in [0.25, 0.3) is 0 Å². The molecule has 0 N–H and O–H groups in total. The second-order valence-electron chi connectivity index (χ2n) is 3.95. The lowest BCUT2D eigenvalue weighted by molar-refractivity contribution is -0.0502. The van der Waals surface area contributed by atoms with E-state index in [9.17, 15) is 43.2 Å². The number of halogens is 6. The molecule has 0 aliphatic heterocycles. The smallest absolute Gasteiger partial charge is 0.376 e. The van der Waals surface area contributed by atoms with Crippen LogP contribution in [-0.4, -0.2) is 27.9 Å². The van der Waals surface area contributed by atoms with Crippen molar-refractivity contribution in [2.24, 2.45) is 0 Å². The Morgan fingerprint density at radius 1 is 0.739 bits per heavy atom. The second kappa shape index (κ2) is 5.74. The highest BCUT2D eigenvalue weighted by Gasteiger charge is 2.49. The molecular weight excluding hydrogens is 382 g/mol. The van der Waals surface area contributed by atoms with Crippen LogP contribution in [0.2, 0.25) is 0 Å². The monoisotopic (exact) mass is 388 g/mol. The average Bonchev–Trinajstić information content (AvgIpc) is 2.22. The van der Waals surface area contributed by atoms with Gasteiger partial charge in [0.25, 0.3) is 0 Å². The molecule has 23 heavy (non-hydrogen) atoms. The van der Waals surface area contributed by atoms with Gasteiger partial charge in [0.05, 0.1) is 0 Å². The summed E-state index contributed by atoms with van der Waals surface area (Å²) in [6, 6.07) is 1.69. The lowest BCUT2D eigenvalue weighted by atomic mass is 10.2. The molecule has 0 unspecified atom stereocenters. The van der Waals surface area contributed by atoms with E-state index in [1.54, 1.807) is 0 Å². The molecule has 0 radical (unpaired) electrons. The molecule has 0 spiro atoms. The van der Waals surface area contributed by atoms with E-state index in [0.717, 1.165) is 19.1 Å². The molecule has 0 aliphatic rings. The van der Waals surface area contributed by atoms with Gasteiger partial charge in [-0.2, -0.15) is 43.2 Å². The van der Waals surface area contributed by atoms with Crippen LogP contribution in [0.4, 0.5) is 26.3 Å². The summed E-state index contributed by atoms with van der Waals surface area (Å²) in [6.45, 7) is 1.13. The Labute approximate surface area is 125 Å². The number of benzene rings is 1. The van der Waals surface area contributed by atoms with Crippen LogP contribution in [0.5, 0.6) is 11.5 Å². The van der Waals surface area contributed by atoms with E-state index in [2.05, 4.69) is 8.37 Å². The van der Waals surface area contributed by atoms with Gasteiger partial charge in [-0.05, 0) is 24.6 Å². The second-order valence-corrected chi connectivity index (χ2v) is 7.02. The van der Waals surface area contributed by atoms with Gasteiger partial charge >= 0.3 is 31.3 Å². The SMILES string of the molecule is Cc1cc(OS(=O)(=O)C(F)(F)F)cc(OS(=O)(=O)C(F)(F)F)c1. The summed E-state index contributed by atoms with van der Waals surface area (Å²) in [5.74, 6) is -2.15. The minimum atomic E-state index is -6.08. The first-order valence-corrected chi connectivity index (χ1v) is 8.00. The van der Waals surface area contributed by atoms with E-state index in [4.69, 9.17) is 0 Å². The van der Waals surface area contributed by atoms with E-state index in [1.165, 1.54) is 0 Å². The normalized spacial score (nSPS) is 13.7. The fourth-order valence-corrected chi connectivity index (χ4v) is 2.05. The number of alkyl halides is 6. The van der Waals surface area contributed by atoms with Crippen molar-refractivity contribution in [3.05, 3.63) is 23.8 Å². The fraction of sp³-hybridized carbons (Fsp3) is 0.333. The van der Waals surface area contributed by atoms with Crippen LogP contribution >= 0.6 is 0 Å². The lowest BCUT2D eigenvalue weighted by Gasteiger charge is -2.13. The van der Waals surface area contributed by atoms with Crippen LogP contribution in [0.1, 0.15) is 5.56 Å². The predicted octanol–water partition coefficient (Wildman–Crippen LogP) is 2.45. The van der Waals surface area contributed by atoms with Gasteiger partial charge < -0.3 is 8.37 Å². The molecule has 0 bridgehead atoms. The topological polar surface area (TPSA) is 86.7 Å². The van der Waals surface area contributed by atoms with Crippen molar-refractivity contribution in [2.45, 2.75) is 17.9 Å². The Balaban J connectivity index is 3.21. The summed E-state index contributed by atoms with van der Waals surface area (Å²) >= 11 is 0. The Kier molecular flexibility index (Phi) is 4.83. The van der Waals surface area contributed by atoms with Gasteiger partial charge in [-0.25, -0.2) is 0 Å². The minimum Gasteiger partial charge on any atom is -0.376 e. The van der Waals surface area contributed by atoms with Crippen LogP contribution in [0.15, 0.2) is 18.2 Å². The van der Waals surface area contributed by atoms with E-state index >= 15 is 0 Å². The molecule has 1 rings (SSSR count). The van der Waals surface area contributed by atoms with Crippen molar-refractivity contribution >= 4 is 20.2 Å². The third kappa shape index (κ3) is 4.63. The number of rotatable bonds is 4. The zero-order valence-electron chi connectivity index (χ0n) is 10.8. The number of aryl methyl sites for hydroxylation is 1. The molecule has 0 heterocycles. The van der Waals surface area contributed by atoms with Gasteiger partial charge in [0.15, 0.2) is 0 Å². The summed E-state index contributed by atoms with van der Waals surface area (Å²) in [5.41, 5.74) is -11.7. The molecular formula is C9H6F6O6S2. The quantitative estimate of drug-likeness (QED) is 0.447. The third-order valence-corrected chi connectivity index (χ3v) is 3.96. The third-order valence-electron chi connectivity index (χ3n) is 2.00. The summed E-state index contributed by atoms with van der Waals surface area (Å²) < 4.78 is 124. The summed E-state index contributed by atoms with van der Waals surface area (Å²) in [4.78, 5) is 0. The summed E-state index contributed by atoms with van der Waals surface area (Å²) in [5, 5.41) is 0. The molecule has 0 aliphatic carbocycles. The zero-order valence-corrected chi connectivity index (χ0v) is 12.4. The van der Waals surface area contributed by atoms with E-state index in [1.807, 2.05) is 0 Å². The molecule has 0 saturated carbocycles. The van der Waals surface area contributed by atoms with Crippen molar-refractivity contribution in [3.63, 3.8) is 0 Å². The van der Waals surface area contributed by atoms with Crippen molar-refractivity contribution in [2.75, 3.05) is 0 Å². The Bertz CT molecular complexity index is 729. The lowest BCUT2D eigenvalue weighted by Crippen LogP contribution is -2.29. The minimum absolute atomic E-state index is 0.118. The Morgan fingerprint density at radius 3 is 1.30 bits per heavy atom. The maximum atomic E-state index is 12.2. The maximum absolute atomic E-state index is 12.2. The average molecular weight is 388 g/mol. The largest absolute Gasteiger partial charge is 0.534 e. The molecule has 0 saturated heterocycles. The first kappa shape index (κ1) is 19.3. The van der Waals surface area contributed by atoms with Gasteiger partial charge in [0.1, 0.15) is 11.5 Å². The van der Waals surface area contributed by atoms with Crippen LogP contribution in [0.3, 0.4) is 0 Å². The van der Waals surface area contributed by atoms with Crippen LogP contribution in [0, 0.1) is 6.92 Å². The van der Waals surface area contributed by atoms with Gasteiger partial charge in [0, 0.05) is 6.07 Å². The van der Waals surface area contributed by atoms with E-state index in [-0.39, 0.29) is 11.6 Å². The molecule has 1 aromatic carbocycles. The van der Waals surface area contributed by atoms with Gasteiger partial charge in [-0.15, -0.1) is 0 Å². The molecule has 0 aromatic heterocycles. The summed E-state index contributed by atoms with van der Waals surface area (Å²) in [6.07, 6.45) is 0. The molecule has 1 aromatic rings. The predicted molar refractivity (Wildman–Crippen MR) is 62.4 cm³/mol. The van der Waals surface area contributed by atoms with Crippen molar-refractivity contribution in [1.82, 2.24) is 0 Å². The molecule has 14 heteroatoms. The summed E-state index contributed by atoms with van der Waals surface area (Å²) in [7, 11) is -12.2. The van der Waals surface area contributed by atoms with Gasteiger partial charge in [0.2, 0.25) is 0 Å². The molecule has 0 amide bonds. The van der Waals surface area contributed by atoms with Crippen molar-refractivity contribution in [3.8, 4) is 11.5 Å². The standard InChI is InChI=1S/C9H6F6O6S2/c1-5-2-6(20-22(16,17)8(10,11)12)4-7(3-5)21-23(18,19)9(13,14)15/h2-4H,1H3. The van der Waals surface area contributed by atoms with E-state index in [0.29, 0.717) is 0 Å². The number of hydrogen-bond acceptors (Lipinski definition) is 6. The fourth-order valence-electron chi connectivity index (χ4n) is 1.16. The van der Waals surface area contributed by atoms with Gasteiger partial charge in [-0.3, -0.25) is 0 Å². The first-order chi connectivity index (χ1) is 10.1. The highest BCUT2D eigenvalue weighted by atomic mass is 32.2. The molecule has 0 fully saturated rings. The molecule has 132 valence electrons. The van der Waals surface area contributed by atoms with Gasteiger partial charge in [-0.1, -0.05) is 0 Å². The van der Waals surface area contributed by atoms with Crippen molar-refractivity contribution in [1.29, 1.82) is 0 Å². The number of hydrogen-bond donors (Lipinski definition) is 0. The van der Waals surface area contributed by atoms with Crippen LogP contribution in [-0.2, 0) is 20.2 Å². The first-order valence-electron chi connectivity index (χ1n) is 5.18. The van der Waals surface area contributed by atoms with Crippen LogP contribution < -0.4 is 8.37 Å². The Morgan fingerprint density at radius 2 is 1.04 bits per heavy atom. The maximum Gasteiger partial charge on any atom is 0.534 e. The molecule has 6 nitrogen and oxygen atoms in total. The highest BCUT2D eigenvalue weighted by Crippen LogP contribution is 2.32. The highest BCUT2D eigenvalue weighted by molar-refractivity contribution is 7.88. The zero-order chi connectivity index (χ0) is 18.3. The molecule has 0 atom stereocenters. The van der Waals surface area contributed by atoms with E-state index < -0.39 is 42.8 Å². The Hall–Kier alpha value is -1.70.